The van der Waals surface area contributed by atoms with Crippen LogP contribution in [0.4, 0.5) is 16.3 Å². The SMILES string of the molecule is CCn1c(=O)c(N2CCC(NC(=O)Nc3cccc(C)c3)CC2)nc2ccccc21. The molecule has 30 heavy (non-hydrogen) atoms. The van der Waals surface area contributed by atoms with Crippen LogP contribution in [-0.4, -0.2) is 34.7 Å². The standard InChI is InChI=1S/C23H27N5O2/c1-3-28-20-10-5-4-9-19(20)26-21(22(28)29)27-13-11-17(12-14-27)24-23(30)25-18-8-6-7-16(2)15-18/h4-10,15,17H,3,11-14H2,1-2H3,(H2,24,25,30). The normalized spacial score (nSPS) is 14.7. The molecule has 0 radical (unpaired) electrons. The monoisotopic (exact) mass is 405 g/mol. The maximum Gasteiger partial charge on any atom is 0.319 e. The van der Waals surface area contributed by atoms with Crippen LogP contribution >= 0.6 is 0 Å². The first-order valence-electron chi connectivity index (χ1n) is 10.4. The van der Waals surface area contributed by atoms with Gasteiger partial charge in [-0.05, 0) is 56.5 Å². The summed E-state index contributed by atoms with van der Waals surface area (Å²) in [6.07, 6.45) is 1.53. The van der Waals surface area contributed by atoms with Crippen molar-refractivity contribution >= 4 is 28.6 Å². The summed E-state index contributed by atoms with van der Waals surface area (Å²) >= 11 is 0. The van der Waals surface area contributed by atoms with Crippen LogP contribution < -0.4 is 21.1 Å². The fourth-order valence-electron chi connectivity index (χ4n) is 4.01. The van der Waals surface area contributed by atoms with Crippen LogP contribution in [0.25, 0.3) is 11.0 Å². The van der Waals surface area contributed by atoms with Crippen LogP contribution in [0.1, 0.15) is 25.3 Å². The fourth-order valence-corrected chi connectivity index (χ4v) is 4.01. The number of carbonyl (C=O) groups excluding carboxylic acids is 1. The second-order valence-electron chi connectivity index (χ2n) is 7.70. The Labute approximate surface area is 175 Å². The molecule has 7 nitrogen and oxygen atoms in total. The topological polar surface area (TPSA) is 79.3 Å². The van der Waals surface area contributed by atoms with Crippen LogP contribution in [0.2, 0.25) is 0 Å². The van der Waals surface area contributed by atoms with Gasteiger partial charge in [0.25, 0.3) is 5.56 Å². The summed E-state index contributed by atoms with van der Waals surface area (Å²) in [6, 6.07) is 15.3. The number of para-hydroxylation sites is 2. The molecule has 7 heteroatoms. The van der Waals surface area contributed by atoms with Crippen molar-refractivity contribution in [1.82, 2.24) is 14.9 Å². The molecule has 1 fully saturated rings. The lowest BCUT2D eigenvalue weighted by Crippen LogP contribution is -2.47. The number of hydrogen-bond donors (Lipinski definition) is 2. The molecule has 156 valence electrons. The number of aromatic nitrogens is 2. The van der Waals surface area contributed by atoms with Crippen molar-refractivity contribution < 1.29 is 4.79 Å². The molecule has 1 aliphatic heterocycles. The summed E-state index contributed by atoms with van der Waals surface area (Å²) in [5.74, 6) is 0.498. The highest BCUT2D eigenvalue weighted by atomic mass is 16.2. The van der Waals surface area contributed by atoms with E-state index in [1.165, 1.54) is 0 Å². The summed E-state index contributed by atoms with van der Waals surface area (Å²) in [5.41, 5.74) is 3.51. The molecule has 0 aliphatic carbocycles. The number of amides is 2. The Morgan fingerprint density at radius 3 is 2.63 bits per heavy atom. The third-order valence-corrected chi connectivity index (χ3v) is 5.56. The number of hydrogen-bond acceptors (Lipinski definition) is 4. The molecule has 2 amide bonds. The molecule has 0 atom stereocenters. The molecular weight excluding hydrogens is 378 g/mol. The minimum absolute atomic E-state index is 0.0557. The van der Waals surface area contributed by atoms with E-state index in [0.717, 1.165) is 35.1 Å². The van der Waals surface area contributed by atoms with Crippen LogP contribution in [-0.2, 0) is 6.54 Å². The van der Waals surface area contributed by atoms with E-state index >= 15 is 0 Å². The lowest BCUT2D eigenvalue weighted by molar-refractivity contribution is 0.246. The predicted octanol–water partition coefficient (Wildman–Crippen LogP) is 3.52. The summed E-state index contributed by atoms with van der Waals surface area (Å²) in [4.78, 5) is 32.0. The molecule has 1 saturated heterocycles. The van der Waals surface area contributed by atoms with Gasteiger partial charge in [-0.3, -0.25) is 4.79 Å². The van der Waals surface area contributed by atoms with Gasteiger partial charge in [0.15, 0.2) is 5.82 Å². The Hall–Kier alpha value is -3.35. The Kier molecular flexibility index (Phi) is 5.70. The van der Waals surface area contributed by atoms with E-state index in [1.807, 2.05) is 67.3 Å². The zero-order valence-corrected chi connectivity index (χ0v) is 17.4. The fraction of sp³-hybridized carbons (Fsp3) is 0.348. The van der Waals surface area contributed by atoms with Crippen LogP contribution in [0, 0.1) is 6.92 Å². The number of urea groups is 1. The van der Waals surface area contributed by atoms with Gasteiger partial charge in [0.2, 0.25) is 0 Å². The molecule has 3 aromatic rings. The van der Waals surface area contributed by atoms with Crippen molar-refractivity contribution in [2.24, 2.45) is 0 Å². The number of carbonyl (C=O) groups is 1. The second-order valence-corrected chi connectivity index (χ2v) is 7.70. The maximum atomic E-state index is 13.0. The number of piperidine rings is 1. The number of rotatable bonds is 4. The lowest BCUT2D eigenvalue weighted by Gasteiger charge is -2.33. The molecule has 1 aliphatic rings. The number of nitrogens with one attached hydrogen (secondary N) is 2. The van der Waals surface area contributed by atoms with Crippen LogP contribution in [0.5, 0.6) is 0 Å². The number of benzene rings is 2. The highest BCUT2D eigenvalue weighted by Gasteiger charge is 2.24. The van der Waals surface area contributed by atoms with Gasteiger partial charge in [0.05, 0.1) is 11.0 Å². The van der Waals surface area contributed by atoms with Gasteiger partial charge < -0.3 is 20.1 Å². The summed E-state index contributed by atoms with van der Waals surface area (Å²) in [6.45, 7) is 5.93. The molecular formula is C23H27N5O2. The predicted molar refractivity (Wildman–Crippen MR) is 120 cm³/mol. The first-order valence-corrected chi connectivity index (χ1v) is 10.4. The van der Waals surface area contributed by atoms with Crippen molar-refractivity contribution in [3.05, 3.63) is 64.4 Å². The summed E-state index contributed by atoms with van der Waals surface area (Å²) in [7, 11) is 0. The van der Waals surface area contributed by atoms with Gasteiger partial charge in [-0.25, -0.2) is 9.78 Å². The van der Waals surface area contributed by atoms with Gasteiger partial charge in [0.1, 0.15) is 0 Å². The van der Waals surface area contributed by atoms with Crippen LogP contribution in [0.3, 0.4) is 0 Å². The Balaban J connectivity index is 1.42. The van der Waals surface area contributed by atoms with E-state index in [-0.39, 0.29) is 17.6 Å². The van der Waals surface area contributed by atoms with E-state index < -0.39 is 0 Å². The van der Waals surface area contributed by atoms with Gasteiger partial charge in [-0.2, -0.15) is 0 Å². The quantitative estimate of drug-likeness (QED) is 0.696. The molecule has 1 aromatic heterocycles. The first-order chi connectivity index (χ1) is 14.5. The molecule has 0 bridgehead atoms. The van der Waals surface area contributed by atoms with E-state index in [9.17, 15) is 9.59 Å². The van der Waals surface area contributed by atoms with Crippen molar-refractivity contribution in [2.75, 3.05) is 23.3 Å². The minimum Gasteiger partial charge on any atom is -0.352 e. The third kappa shape index (κ3) is 4.15. The number of fused-ring (bicyclic) bond motifs is 1. The highest BCUT2D eigenvalue weighted by Crippen LogP contribution is 2.19. The van der Waals surface area contributed by atoms with Gasteiger partial charge in [0, 0.05) is 31.4 Å². The minimum atomic E-state index is -0.198. The summed E-state index contributed by atoms with van der Waals surface area (Å²) in [5, 5.41) is 5.93. The van der Waals surface area contributed by atoms with E-state index in [0.29, 0.717) is 25.5 Å². The molecule has 2 N–H and O–H groups in total. The zero-order chi connectivity index (χ0) is 21.1. The molecule has 0 spiro atoms. The number of anilines is 2. The lowest BCUT2D eigenvalue weighted by atomic mass is 10.1. The van der Waals surface area contributed by atoms with Gasteiger partial charge in [-0.1, -0.05) is 24.3 Å². The van der Waals surface area contributed by atoms with E-state index in [2.05, 4.69) is 15.6 Å². The average molecular weight is 406 g/mol. The average Bonchev–Trinajstić information content (AvgIpc) is 2.74. The van der Waals surface area contributed by atoms with Crippen molar-refractivity contribution in [3.63, 3.8) is 0 Å². The van der Waals surface area contributed by atoms with Crippen molar-refractivity contribution in [1.29, 1.82) is 0 Å². The van der Waals surface area contributed by atoms with Crippen molar-refractivity contribution in [3.8, 4) is 0 Å². The second kappa shape index (κ2) is 8.57. The number of nitrogens with zero attached hydrogens (tertiary/aromatic N) is 3. The molecule has 4 rings (SSSR count). The maximum absolute atomic E-state index is 13.0. The van der Waals surface area contributed by atoms with Crippen molar-refractivity contribution in [2.45, 2.75) is 39.3 Å². The Bertz CT molecular complexity index is 1120. The Morgan fingerprint density at radius 2 is 1.90 bits per heavy atom. The van der Waals surface area contributed by atoms with Gasteiger partial charge >= 0.3 is 6.03 Å². The number of aryl methyl sites for hydroxylation is 2. The molecule has 0 unspecified atom stereocenters. The molecule has 2 aromatic carbocycles. The highest BCUT2D eigenvalue weighted by molar-refractivity contribution is 5.89. The largest absolute Gasteiger partial charge is 0.352 e. The van der Waals surface area contributed by atoms with Gasteiger partial charge in [-0.15, -0.1) is 0 Å². The molecule has 2 heterocycles. The van der Waals surface area contributed by atoms with E-state index in [1.54, 1.807) is 4.57 Å². The van der Waals surface area contributed by atoms with Crippen LogP contribution in [0.15, 0.2) is 53.3 Å². The summed E-state index contributed by atoms with van der Waals surface area (Å²) < 4.78 is 1.78. The van der Waals surface area contributed by atoms with E-state index in [4.69, 9.17) is 0 Å². The smallest absolute Gasteiger partial charge is 0.319 e. The zero-order valence-electron chi connectivity index (χ0n) is 17.4. The molecule has 0 saturated carbocycles. The Morgan fingerprint density at radius 1 is 1.13 bits per heavy atom. The third-order valence-electron chi connectivity index (χ3n) is 5.56. The first kappa shape index (κ1) is 19.9.